The van der Waals surface area contributed by atoms with Gasteiger partial charge in [0, 0.05) is 5.56 Å². The Kier molecular flexibility index (Phi) is 7.70. The van der Waals surface area contributed by atoms with Gasteiger partial charge in [-0.1, -0.05) is 13.8 Å². The third-order valence-corrected chi connectivity index (χ3v) is 4.14. The zero-order chi connectivity index (χ0) is 21.4. The molecule has 1 atom stereocenters. The molecule has 0 bridgehead atoms. The molecule has 2 rings (SSSR count). The Bertz CT molecular complexity index is 882. The molecule has 8 heteroatoms. The van der Waals surface area contributed by atoms with Gasteiger partial charge in [0.05, 0.1) is 20.4 Å². The summed E-state index contributed by atoms with van der Waals surface area (Å²) >= 11 is 0. The van der Waals surface area contributed by atoms with E-state index in [1.54, 1.807) is 32.0 Å². The molecular formula is C21H24FN3O4. The van der Waals surface area contributed by atoms with Gasteiger partial charge in [-0.3, -0.25) is 9.59 Å². The molecule has 0 fully saturated rings. The summed E-state index contributed by atoms with van der Waals surface area (Å²) in [6.07, 6.45) is 1.46. The van der Waals surface area contributed by atoms with Crippen molar-refractivity contribution < 1.29 is 23.5 Å². The Morgan fingerprint density at radius 2 is 1.69 bits per heavy atom. The zero-order valence-electron chi connectivity index (χ0n) is 16.7. The summed E-state index contributed by atoms with van der Waals surface area (Å²) in [6, 6.07) is 9.47. The lowest BCUT2D eigenvalue weighted by Gasteiger charge is -2.20. The number of hydrazone groups is 1. The molecule has 2 aromatic carbocycles. The van der Waals surface area contributed by atoms with Crippen molar-refractivity contribution >= 4 is 18.0 Å². The Morgan fingerprint density at radius 3 is 2.28 bits per heavy atom. The first-order valence-corrected chi connectivity index (χ1v) is 8.97. The number of methoxy groups -OCH3 is 2. The molecule has 0 aromatic heterocycles. The maximum Gasteiger partial charge on any atom is 0.262 e. The molecule has 0 aliphatic rings. The normalized spacial score (nSPS) is 11.9. The fraction of sp³-hybridized carbons (Fsp3) is 0.286. The molecular weight excluding hydrogens is 377 g/mol. The van der Waals surface area contributed by atoms with E-state index in [0.29, 0.717) is 17.1 Å². The summed E-state index contributed by atoms with van der Waals surface area (Å²) < 4.78 is 23.4. The maximum atomic E-state index is 13.0. The summed E-state index contributed by atoms with van der Waals surface area (Å²) in [5.41, 5.74) is 3.38. The van der Waals surface area contributed by atoms with Crippen molar-refractivity contribution in [3.8, 4) is 11.5 Å². The highest BCUT2D eigenvalue weighted by atomic mass is 19.1. The van der Waals surface area contributed by atoms with Crippen LogP contribution in [0.5, 0.6) is 11.5 Å². The molecule has 2 N–H and O–H groups in total. The molecule has 0 heterocycles. The number of nitrogens with zero attached hydrogens (tertiary/aromatic N) is 1. The average molecular weight is 401 g/mol. The van der Waals surface area contributed by atoms with E-state index in [9.17, 15) is 14.0 Å². The van der Waals surface area contributed by atoms with Crippen LogP contribution >= 0.6 is 0 Å². The highest BCUT2D eigenvalue weighted by molar-refractivity contribution is 5.97. The quantitative estimate of drug-likeness (QED) is 0.526. The van der Waals surface area contributed by atoms with Gasteiger partial charge >= 0.3 is 0 Å². The number of amides is 2. The zero-order valence-corrected chi connectivity index (χ0v) is 16.7. The van der Waals surface area contributed by atoms with Crippen molar-refractivity contribution in [2.45, 2.75) is 19.9 Å². The van der Waals surface area contributed by atoms with E-state index in [1.165, 1.54) is 44.7 Å². The molecule has 2 amide bonds. The lowest BCUT2D eigenvalue weighted by Crippen LogP contribution is -2.48. The van der Waals surface area contributed by atoms with E-state index in [2.05, 4.69) is 15.8 Å². The minimum Gasteiger partial charge on any atom is -0.493 e. The van der Waals surface area contributed by atoms with Crippen molar-refractivity contribution in [3.63, 3.8) is 0 Å². The molecule has 0 spiro atoms. The second-order valence-electron chi connectivity index (χ2n) is 6.55. The SMILES string of the molecule is COc1ccc(C=NNC(=O)C(NC(=O)c2ccc(F)cc2)C(C)C)cc1OC. The number of hydrogen-bond acceptors (Lipinski definition) is 5. The van der Waals surface area contributed by atoms with Crippen molar-refractivity contribution in [2.75, 3.05) is 14.2 Å². The molecule has 0 aliphatic carbocycles. The standard InChI is InChI=1S/C21H24FN3O4/c1-13(2)19(24-20(26)15-6-8-16(22)9-7-15)21(27)25-23-12-14-5-10-17(28-3)18(11-14)29-4/h5-13,19H,1-4H3,(H,24,26)(H,25,27). The van der Waals surface area contributed by atoms with E-state index in [4.69, 9.17) is 9.47 Å². The van der Waals surface area contributed by atoms with E-state index in [1.807, 2.05) is 0 Å². The van der Waals surface area contributed by atoms with Crippen LogP contribution in [0.15, 0.2) is 47.6 Å². The monoisotopic (exact) mass is 401 g/mol. The number of ether oxygens (including phenoxy) is 2. The van der Waals surface area contributed by atoms with Gasteiger partial charge in [-0.2, -0.15) is 5.10 Å². The Hall–Kier alpha value is -3.42. The summed E-state index contributed by atoms with van der Waals surface area (Å²) in [5, 5.41) is 6.60. The van der Waals surface area contributed by atoms with Crippen LogP contribution in [0.25, 0.3) is 0 Å². The molecule has 0 radical (unpaired) electrons. The predicted octanol–water partition coefficient (Wildman–Crippen LogP) is 2.75. The lowest BCUT2D eigenvalue weighted by atomic mass is 10.0. The first-order chi connectivity index (χ1) is 13.8. The summed E-state index contributed by atoms with van der Waals surface area (Å²) in [5.74, 6) is -0.443. The number of rotatable bonds is 8. The predicted molar refractivity (Wildman–Crippen MR) is 108 cm³/mol. The smallest absolute Gasteiger partial charge is 0.262 e. The third kappa shape index (κ3) is 6.03. The van der Waals surface area contributed by atoms with Gasteiger partial charge in [-0.15, -0.1) is 0 Å². The second kappa shape index (κ2) is 10.2. The number of nitrogens with one attached hydrogen (secondary N) is 2. The maximum absolute atomic E-state index is 13.0. The van der Waals surface area contributed by atoms with Crippen molar-refractivity contribution in [3.05, 3.63) is 59.4 Å². The molecule has 2 aromatic rings. The molecule has 7 nitrogen and oxygen atoms in total. The largest absolute Gasteiger partial charge is 0.493 e. The van der Waals surface area contributed by atoms with Crippen LogP contribution in [0.2, 0.25) is 0 Å². The minimum absolute atomic E-state index is 0.185. The number of carbonyl (C=O) groups is 2. The van der Waals surface area contributed by atoms with Crippen LogP contribution < -0.4 is 20.2 Å². The van der Waals surface area contributed by atoms with Gasteiger partial charge in [0.1, 0.15) is 11.9 Å². The van der Waals surface area contributed by atoms with E-state index in [0.717, 1.165) is 0 Å². The van der Waals surface area contributed by atoms with Gasteiger partial charge < -0.3 is 14.8 Å². The fourth-order valence-corrected chi connectivity index (χ4v) is 2.53. The van der Waals surface area contributed by atoms with Gasteiger partial charge in [0.15, 0.2) is 11.5 Å². The first-order valence-electron chi connectivity index (χ1n) is 8.97. The Balaban J connectivity index is 2.03. The molecule has 0 aliphatic heterocycles. The molecule has 154 valence electrons. The average Bonchev–Trinajstić information content (AvgIpc) is 2.71. The van der Waals surface area contributed by atoms with Gasteiger partial charge in [0.2, 0.25) is 0 Å². The topological polar surface area (TPSA) is 89.0 Å². The van der Waals surface area contributed by atoms with E-state index < -0.39 is 23.7 Å². The highest BCUT2D eigenvalue weighted by Crippen LogP contribution is 2.26. The fourth-order valence-electron chi connectivity index (χ4n) is 2.53. The number of hydrogen-bond donors (Lipinski definition) is 2. The van der Waals surface area contributed by atoms with Crippen molar-refractivity contribution in [2.24, 2.45) is 11.0 Å². The van der Waals surface area contributed by atoms with Crippen LogP contribution in [0.3, 0.4) is 0 Å². The molecule has 29 heavy (non-hydrogen) atoms. The number of halogens is 1. The highest BCUT2D eigenvalue weighted by Gasteiger charge is 2.24. The van der Waals surface area contributed by atoms with Crippen molar-refractivity contribution in [1.82, 2.24) is 10.7 Å². The second-order valence-corrected chi connectivity index (χ2v) is 6.55. The summed E-state index contributed by atoms with van der Waals surface area (Å²) in [4.78, 5) is 24.8. The van der Waals surface area contributed by atoms with E-state index >= 15 is 0 Å². The van der Waals surface area contributed by atoms with Gasteiger partial charge in [-0.25, -0.2) is 9.82 Å². The minimum atomic E-state index is -0.810. The van der Waals surface area contributed by atoms with Crippen LogP contribution in [0.1, 0.15) is 29.8 Å². The van der Waals surface area contributed by atoms with Gasteiger partial charge in [-0.05, 0) is 53.9 Å². The van der Waals surface area contributed by atoms with E-state index in [-0.39, 0.29) is 11.5 Å². The lowest BCUT2D eigenvalue weighted by molar-refractivity contribution is -0.123. The third-order valence-electron chi connectivity index (χ3n) is 4.14. The van der Waals surface area contributed by atoms with Gasteiger partial charge in [0.25, 0.3) is 11.8 Å². The molecule has 0 saturated carbocycles. The Morgan fingerprint density at radius 1 is 1.03 bits per heavy atom. The summed E-state index contributed by atoms with van der Waals surface area (Å²) in [7, 11) is 3.07. The molecule has 1 unspecified atom stereocenters. The molecule has 0 saturated heterocycles. The first kappa shape index (κ1) is 21.9. The number of carbonyl (C=O) groups excluding carboxylic acids is 2. The van der Waals surface area contributed by atoms with Crippen LogP contribution in [0, 0.1) is 11.7 Å². The number of benzene rings is 2. The van der Waals surface area contributed by atoms with Crippen LogP contribution in [-0.4, -0.2) is 38.3 Å². The van der Waals surface area contributed by atoms with Crippen LogP contribution in [-0.2, 0) is 4.79 Å². The summed E-state index contributed by atoms with van der Waals surface area (Å²) in [6.45, 7) is 3.60. The van der Waals surface area contributed by atoms with Crippen molar-refractivity contribution in [1.29, 1.82) is 0 Å². The van der Waals surface area contributed by atoms with Crippen LogP contribution in [0.4, 0.5) is 4.39 Å². The Labute approximate surface area is 168 Å².